The van der Waals surface area contributed by atoms with Gasteiger partial charge in [-0.3, -0.25) is 9.36 Å². The molecule has 4 nitrogen and oxygen atoms in total. The number of allylic oxidation sites excluding steroid dienone is 2. The summed E-state index contributed by atoms with van der Waals surface area (Å²) in [6.07, 6.45) is 2.88. The number of hydrogen-bond donors (Lipinski definition) is 0. The summed E-state index contributed by atoms with van der Waals surface area (Å²) in [7, 11) is -0.601. The Morgan fingerprint density at radius 2 is 1.80 bits per heavy atom. The summed E-state index contributed by atoms with van der Waals surface area (Å²) in [5.41, 5.74) is 1.17. The third kappa shape index (κ3) is 6.61. The molecule has 0 bridgehead atoms. The van der Waals surface area contributed by atoms with Crippen LogP contribution in [0.4, 0.5) is 0 Å². The molecule has 0 unspecified atom stereocenters. The maximum atomic E-state index is 11.6. The summed E-state index contributed by atoms with van der Waals surface area (Å²) in [6, 6.07) is 0. The summed E-state index contributed by atoms with van der Waals surface area (Å²) in [4.78, 5) is 11.4. The van der Waals surface area contributed by atoms with E-state index in [0.29, 0.717) is 12.8 Å². The quantitative estimate of drug-likeness (QED) is 0.502. The average molecular weight is 234 g/mol. The number of rotatable bonds is 7. The maximum absolute atomic E-state index is 11.6. The van der Waals surface area contributed by atoms with Crippen molar-refractivity contribution >= 4 is 13.4 Å². The van der Waals surface area contributed by atoms with E-state index in [1.54, 1.807) is 0 Å². The molecule has 0 spiro atoms. The number of Topliss-reactive ketones (excluding diaryl/α,β-unsaturated/α-hetero) is 1. The molecule has 0 aromatic rings. The van der Waals surface area contributed by atoms with Gasteiger partial charge in [0.25, 0.3) is 0 Å². The largest absolute Gasteiger partial charge is 0.337 e. The van der Waals surface area contributed by atoms with E-state index < -0.39 is 7.60 Å². The summed E-state index contributed by atoms with van der Waals surface area (Å²) < 4.78 is 20.9. The Labute approximate surface area is 91.2 Å². The van der Waals surface area contributed by atoms with Crippen molar-refractivity contribution in [3.05, 3.63) is 11.6 Å². The standard InChI is InChI=1S/C10H19O4P/c1-9(2)6-5-7-10(11)8-15(12,13-3)14-4/h6H,5,7-8H2,1-4H3. The zero-order valence-corrected chi connectivity index (χ0v) is 10.7. The fourth-order valence-corrected chi connectivity index (χ4v) is 2.02. The number of carbonyl (C=O) groups is 1. The minimum absolute atomic E-state index is 0.0977. The first-order valence-corrected chi connectivity index (χ1v) is 6.52. The Morgan fingerprint density at radius 1 is 1.27 bits per heavy atom. The number of hydrogen-bond acceptors (Lipinski definition) is 4. The maximum Gasteiger partial charge on any atom is 0.337 e. The topological polar surface area (TPSA) is 52.6 Å². The molecule has 15 heavy (non-hydrogen) atoms. The first-order valence-electron chi connectivity index (χ1n) is 4.79. The van der Waals surface area contributed by atoms with Gasteiger partial charge in [-0.05, 0) is 20.3 Å². The average Bonchev–Trinajstić information content (AvgIpc) is 2.17. The lowest BCUT2D eigenvalue weighted by Gasteiger charge is -2.11. The Bertz CT molecular complexity index is 271. The van der Waals surface area contributed by atoms with Gasteiger partial charge in [0.1, 0.15) is 11.9 Å². The van der Waals surface area contributed by atoms with Gasteiger partial charge in [-0.2, -0.15) is 0 Å². The highest BCUT2D eigenvalue weighted by Crippen LogP contribution is 2.46. The molecule has 0 fully saturated rings. The van der Waals surface area contributed by atoms with E-state index in [2.05, 4.69) is 9.05 Å². The van der Waals surface area contributed by atoms with E-state index in [1.165, 1.54) is 19.8 Å². The van der Waals surface area contributed by atoms with Crippen LogP contribution >= 0.6 is 7.60 Å². The number of ketones is 1. The van der Waals surface area contributed by atoms with Crippen molar-refractivity contribution in [2.75, 3.05) is 20.4 Å². The Balaban J connectivity index is 4.04. The molecule has 0 N–H and O–H groups in total. The lowest BCUT2D eigenvalue weighted by atomic mass is 10.2. The van der Waals surface area contributed by atoms with Crippen LogP contribution in [-0.4, -0.2) is 26.2 Å². The van der Waals surface area contributed by atoms with E-state index in [1.807, 2.05) is 19.9 Å². The third-order valence-corrected chi connectivity index (χ3v) is 3.75. The SMILES string of the molecule is COP(=O)(CC(=O)CCC=C(C)C)OC. The van der Waals surface area contributed by atoms with E-state index in [-0.39, 0.29) is 11.9 Å². The molecule has 0 saturated heterocycles. The van der Waals surface area contributed by atoms with Gasteiger partial charge in [-0.25, -0.2) is 0 Å². The highest BCUT2D eigenvalue weighted by molar-refractivity contribution is 7.54. The van der Waals surface area contributed by atoms with Crippen molar-refractivity contribution in [1.29, 1.82) is 0 Å². The summed E-state index contributed by atoms with van der Waals surface area (Å²) in [5.74, 6) is -0.0977. The van der Waals surface area contributed by atoms with Crippen molar-refractivity contribution < 1.29 is 18.4 Å². The summed E-state index contributed by atoms with van der Waals surface area (Å²) in [6.45, 7) is 3.94. The van der Waals surface area contributed by atoms with Crippen LogP contribution < -0.4 is 0 Å². The van der Waals surface area contributed by atoms with Gasteiger partial charge in [-0.15, -0.1) is 0 Å². The summed E-state index contributed by atoms with van der Waals surface area (Å²) >= 11 is 0. The third-order valence-electron chi connectivity index (χ3n) is 1.90. The zero-order chi connectivity index (χ0) is 11.9. The van der Waals surface area contributed by atoms with Gasteiger partial charge in [0.15, 0.2) is 0 Å². The monoisotopic (exact) mass is 234 g/mol. The molecule has 0 radical (unpaired) electrons. The first-order chi connectivity index (χ1) is 6.93. The molecule has 0 aliphatic rings. The molecule has 0 aliphatic carbocycles. The molecular formula is C10H19O4P. The Hall–Kier alpha value is -0.440. The van der Waals surface area contributed by atoms with Gasteiger partial charge < -0.3 is 9.05 Å². The highest BCUT2D eigenvalue weighted by atomic mass is 31.2. The molecule has 0 atom stereocenters. The molecule has 0 aromatic heterocycles. The molecule has 0 aromatic carbocycles. The Kier molecular flexibility index (Phi) is 6.73. The van der Waals surface area contributed by atoms with Gasteiger partial charge in [0.05, 0.1) is 0 Å². The minimum Gasteiger partial charge on any atom is -0.312 e. The predicted octanol–water partition coefficient (Wildman–Crippen LogP) is 2.79. The van der Waals surface area contributed by atoms with Crippen LogP contribution in [0, 0.1) is 0 Å². The lowest BCUT2D eigenvalue weighted by molar-refractivity contribution is -0.116. The normalized spacial score (nSPS) is 11.2. The van der Waals surface area contributed by atoms with E-state index in [0.717, 1.165) is 0 Å². The second-order valence-corrected chi connectivity index (χ2v) is 5.76. The molecule has 88 valence electrons. The van der Waals surface area contributed by atoms with Crippen LogP contribution in [0.1, 0.15) is 26.7 Å². The van der Waals surface area contributed by atoms with Crippen LogP contribution in [0.5, 0.6) is 0 Å². The molecule has 0 saturated carbocycles. The summed E-state index contributed by atoms with van der Waals surface area (Å²) in [5, 5.41) is 0. The predicted molar refractivity (Wildman–Crippen MR) is 60.2 cm³/mol. The lowest BCUT2D eigenvalue weighted by Crippen LogP contribution is -2.07. The van der Waals surface area contributed by atoms with E-state index in [4.69, 9.17) is 0 Å². The van der Waals surface area contributed by atoms with Gasteiger partial charge in [0, 0.05) is 20.6 Å². The van der Waals surface area contributed by atoms with Gasteiger partial charge in [0.2, 0.25) is 0 Å². The van der Waals surface area contributed by atoms with Crippen LogP contribution in [0.3, 0.4) is 0 Å². The molecule has 0 rings (SSSR count). The Morgan fingerprint density at radius 3 is 2.20 bits per heavy atom. The van der Waals surface area contributed by atoms with Crippen LogP contribution in [0.25, 0.3) is 0 Å². The minimum atomic E-state index is -3.17. The van der Waals surface area contributed by atoms with Crippen molar-refractivity contribution in [3.8, 4) is 0 Å². The van der Waals surface area contributed by atoms with Crippen LogP contribution in [-0.2, 0) is 18.4 Å². The fourth-order valence-electron chi connectivity index (χ4n) is 1.02. The van der Waals surface area contributed by atoms with Crippen molar-refractivity contribution in [2.24, 2.45) is 0 Å². The van der Waals surface area contributed by atoms with Crippen molar-refractivity contribution in [2.45, 2.75) is 26.7 Å². The molecule has 5 heteroatoms. The van der Waals surface area contributed by atoms with Crippen LogP contribution in [0.2, 0.25) is 0 Å². The van der Waals surface area contributed by atoms with Gasteiger partial charge >= 0.3 is 7.60 Å². The first kappa shape index (κ1) is 14.6. The van der Waals surface area contributed by atoms with E-state index in [9.17, 15) is 9.36 Å². The fraction of sp³-hybridized carbons (Fsp3) is 0.700. The molecule has 0 amide bonds. The molecular weight excluding hydrogens is 215 g/mol. The second-order valence-electron chi connectivity index (χ2n) is 3.49. The van der Waals surface area contributed by atoms with Crippen LogP contribution in [0.15, 0.2) is 11.6 Å². The van der Waals surface area contributed by atoms with Crippen molar-refractivity contribution in [1.82, 2.24) is 0 Å². The second kappa shape index (κ2) is 6.94. The number of carbonyl (C=O) groups excluding carboxylic acids is 1. The molecule has 0 aliphatic heterocycles. The highest BCUT2D eigenvalue weighted by Gasteiger charge is 2.24. The van der Waals surface area contributed by atoms with Gasteiger partial charge in [-0.1, -0.05) is 11.6 Å². The molecule has 0 heterocycles. The zero-order valence-electron chi connectivity index (χ0n) is 9.78. The van der Waals surface area contributed by atoms with E-state index >= 15 is 0 Å². The van der Waals surface area contributed by atoms with Crippen molar-refractivity contribution in [3.63, 3.8) is 0 Å². The smallest absolute Gasteiger partial charge is 0.312 e.